The minimum Gasteiger partial charge on any atom is -0.278 e. The van der Waals surface area contributed by atoms with Gasteiger partial charge in [-0.15, -0.1) is 12.6 Å². The number of hydrogen-bond acceptors (Lipinski definition) is 3. The first-order valence-corrected chi connectivity index (χ1v) is 7.71. The van der Waals surface area contributed by atoms with Crippen LogP contribution in [0.15, 0.2) is 52.3 Å². The SMILES string of the molecule is Cc1ccc(S(=O)(=O)Nc2ccccc2S)c(C)c1. The maximum atomic E-state index is 12.3. The predicted octanol–water partition coefficient (Wildman–Crippen LogP) is 3.39. The average molecular weight is 293 g/mol. The van der Waals surface area contributed by atoms with Crippen LogP contribution in [0.2, 0.25) is 0 Å². The van der Waals surface area contributed by atoms with Crippen molar-refractivity contribution in [2.75, 3.05) is 4.72 Å². The Kier molecular flexibility index (Phi) is 3.87. The van der Waals surface area contributed by atoms with Crippen LogP contribution in [0.25, 0.3) is 0 Å². The van der Waals surface area contributed by atoms with E-state index in [-0.39, 0.29) is 4.90 Å². The summed E-state index contributed by atoms with van der Waals surface area (Å²) in [6.45, 7) is 3.72. The van der Waals surface area contributed by atoms with Crippen LogP contribution in [0, 0.1) is 13.8 Å². The molecule has 0 aliphatic carbocycles. The molecule has 0 heterocycles. The van der Waals surface area contributed by atoms with Gasteiger partial charge in [-0.25, -0.2) is 8.42 Å². The molecular weight excluding hydrogens is 278 g/mol. The molecule has 0 atom stereocenters. The van der Waals surface area contributed by atoms with Crippen molar-refractivity contribution in [1.29, 1.82) is 0 Å². The van der Waals surface area contributed by atoms with Gasteiger partial charge in [0.2, 0.25) is 0 Å². The molecule has 0 bridgehead atoms. The zero-order valence-corrected chi connectivity index (χ0v) is 12.4. The van der Waals surface area contributed by atoms with Crippen molar-refractivity contribution < 1.29 is 8.42 Å². The van der Waals surface area contributed by atoms with Gasteiger partial charge in [-0.2, -0.15) is 0 Å². The second kappa shape index (κ2) is 5.27. The lowest BCUT2D eigenvalue weighted by Crippen LogP contribution is -2.14. The van der Waals surface area contributed by atoms with E-state index in [1.54, 1.807) is 43.3 Å². The van der Waals surface area contributed by atoms with Crippen LogP contribution in [-0.4, -0.2) is 8.42 Å². The van der Waals surface area contributed by atoms with Gasteiger partial charge in [-0.1, -0.05) is 29.8 Å². The third-order valence-electron chi connectivity index (χ3n) is 2.77. The second-order valence-corrected chi connectivity index (χ2v) is 6.52. The van der Waals surface area contributed by atoms with Crippen LogP contribution < -0.4 is 4.72 Å². The molecule has 2 rings (SSSR count). The number of nitrogens with one attached hydrogen (secondary N) is 1. The van der Waals surface area contributed by atoms with Crippen LogP contribution in [0.4, 0.5) is 5.69 Å². The largest absolute Gasteiger partial charge is 0.278 e. The summed E-state index contributed by atoms with van der Waals surface area (Å²) in [4.78, 5) is 0.880. The number of benzene rings is 2. The monoisotopic (exact) mass is 293 g/mol. The van der Waals surface area contributed by atoms with Gasteiger partial charge in [0.15, 0.2) is 0 Å². The maximum Gasteiger partial charge on any atom is 0.262 e. The minimum atomic E-state index is -3.58. The Bertz CT molecular complexity index is 709. The fraction of sp³-hybridized carbons (Fsp3) is 0.143. The molecule has 0 unspecified atom stereocenters. The number of hydrogen-bond donors (Lipinski definition) is 2. The van der Waals surface area contributed by atoms with Crippen molar-refractivity contribution in [3.8, 4) is 0 Å². The molecule has 1 N–H and O–H groups in total. The first-order chi connectivity index (χ1) is 8.90. The molecule has 19 heavy (non-hydrogen) atoms. The van der Waals surface area contributed by atoms with Gasteiger partial charge < -0.3 is 0 Å². The molecule has 100 valence electrons. The van der Waals surface area contributed by atoms with Gasteiger partial charge in [0.1, 0.15) is 0 Å². The molecule has 0 aliphatic heterocycles. The highest BCUT2D eigenvalue weighted by Gasteiger charge is 2.17. The van der Waals surface area contributed by atoms with Gasteiger partial charge >= 0.3 is 0 Å². The summed E-state index contributed by atoms with van der Waals surface area (Å²) in [5.41, 5.74) is 2.24. The summed E-state index contributed by atoms with van der Waals surface area (Å²) >= 11 is 4.24. The number of para-hydroxylation sites is 1. The van der Waals surface area contributed by atoms with Crippen LogP contribution in [0.5, 0.6) is 0 Å². The molecule has 0 amide bonds. The summed E-state index contributed by atoms with van der Waals surface area (Å²) in [5, 5.41) is 0. The van der Waals surface area contributed by atoms with Crippen LogP contribution in [0.1, 0.15) is 11.1 Å². The summed E-state index contributed by atoms with van der Waals surface area (Å²) in [6.07, 6.45) is 0. The van der Waals surface area contributed by atoms with Crippen LogP contribution in [0.3, 0.4) is 0 Å². The minimum absolute atomic E-state index is 0.287. The number of rotatable bonds is 3. The third-order valence-corrected chi connectivity index (χ3v) is 4.68. The van der Waals surface area contributed by atoms with Crippen molar-refractivity contribution in [1.82, 2.24) is 0 Å². The summed E-state index contributed by atoms with van der Waals surface area (Å²) in [6, 6.07) is 12.2. The van der Waals surface area contributed by atoms with Gasteiger partial charge in [-0.3, -0.25) is 4.72 Å². The molecule has 0 aliphatic rings. The van der Waals surface area contributed by atoms with E-state index in [0.717, 1.165) is 11.1 Å². The Labute approximate surface area is 119 Å². The average Bonchev–Trinajstić information content (AvgIpc) is 2.31. The fourth-order valence-corrected chi connectivity index (χ4v) is 3.46. The Hall–Kier alpha value is -1.46. The Balaban J connectivity index is 2.41. The van der Waals surface area contributed by atoms with Gasteiger partial charge in [0.05, 0.1) is 10.6 Å². The number of thiol groups is 1. The highest BCUT2D eigenvalue weighted by atomic mass is 32.2. The van der Waals surface area contributed by atoms with E-state index in [1.807, 2.05) is 13.0 Å². The molecule has 0 saturated carbocycles. The lowest BCUT2D eigenvalue weighted by Gasteiger charge is -2.12. The van der Waals surface area contributed by atoms with Crippen molar-refractivity contribution in [2.24, 2.45) is 0 Å². The Morgan fingerprint density at radius 3 is 2.37 bits per heavy atom. The van der Waals surface area contributed by atoms with E-state index < -0.39 is 10.0 Å². The third kappa shape index (κ3) is 3.11. The van der Waals surface area contributed by atoms with Crippen molar-refractivity contribution in [3.05, 3.63) is 53.6 Å². The number of sulfonamides is 1. The molecule has 0 aromatic heterocycles. The molecule has 2 aromatic rings. The van der Waals surface area contributed by atoms with Gasteiger partial charge in [0, 0.05) is 4.90 Å². The van der Waals surface area contributed by atoms with Crippen LogP contribution >= 0.6 is 12.6 Å². The van der Waals surface area contributed by atoms with E-state index in [0.29, 0.717) is 10.6 Å². The first-order valence-electron chi connectivity index (χ1n) is 5.78. The van der Waals surface area contributed by atoms with E-state index in [1.165, 1.54) is 0 Å². The smallest absolute Gasteiger partial charge is 0.262 e. The second-order valence-electron chi connectivity index (χ2n) is 4.39. The Morgan fingerprint density at radius 2 is 1.74 bits per heavy atom. The predicted molar refractivity (Wildman–Crippen MR) is 80.4 cm³/mol. The molecular formula is C14H15NO2S2. The molecule has 0 radical (unpaired) electrons. The normalized spacial score (nSPS) is 11.3. The van der Waals surface area contributed by atoms with Crippen molar-refractivity contribution >= 4 is 28.3 Å². The van der Waals surface area contributed by atoms with Gasteiger partial charge in [-0.05, 0) is 37.6 Å². The van der Waals surface area contributed by atoms with Crippen molar-refractivity contribution in [3.63, 3.8) is 0 Å². The lowest BCUT2D eigenvalue weighted by molar-refractivity contribution is 0.600. The van der Waals surface area contributed by atoms with E-state index in [4.69, 9.17) is 0 Å². The fourth-order valence-electron chi connectivity index (χ4n) is 1.86. The topological polar surface area (TPSA) is 46.2 Å². The summed E-state index contributed by atoms with van der Waals surface area (Å²) < 4.78 is 27.2. The standard InChI is InChI=1S/C14H15NO2S2/c1-10-7-8-14(11(2)9-10)19(16,17)15-12-5-3-4-6-13(12)18/h3-9,15,18H,1-2H3. The molecule has 3 nitrogen and oxygen atoms in total. The number of anilines is 1. The molecule has 0 fully saturated rings. The number of aryl methyl sites for hydroxylation is 2. The zero-order valence-electron chi connectivity index (χ0n) is 10.7. The summed E-state index contributed by atoms with van der Waals surface area (Å²) in [7, 11) is -3.58. The zero-order chi connectivity index (χ0) is 14.0. The Morgan fingerprint density at radius 1 is 1.05 bits per heavy atom. The van der Waals surface area contributed by atoms with E-state index in [9.17, 15) is 8.42 Å². The highest BCUT2D eigenvalue weighted by Crippen LogP contribution is 2.24. The highest BCUT2D eigenvalue weighted by molar-refractivity contribution is 7.92. The quantitative estimate of drug-likeness (QED) is 0.852. The molecule has 2 aromatic carbocycles. The first kappa shape index (κ1) is 14.0. The van der Waals surface area contributed by atoms with Gasteiger partial charge in [0.25, 0.3) is 10.0 Å². The molecule has 0 spiro atoms. The lowest BCUT2D eigenvalue weighted by atomic mass is 10.2. The summed E-state index contributed by atoms with van der Waals surface area (Å²) in [5.74, 6) is 0. The van der Waals surface area contributed by atoms with E-state index in [2.05, 4.69) is 17.4 Å². The van der Waals surface area contributed by atoms with Crippen molar-refractivity contribution in [2.45, 2.75) is 23.6 Å². The van der Waals surface area contributed by atoms with Crippen LogP contribution in [-0.2, 0) is 10.0 Å². The molecule has 5 heteroatoms. The maximum absolute atomic E-state index is 12.3. The molecule has 0 saturated heterocycles. The van der Waals surface area contributed by atoms with E-state index >= 15 is 0 Å².